The van der Waals surface area contributed by atoms with Gasteiger partial charge in [0.25, 0.3) is 0 Å². The van der Waals surface area contributed by atoms with Gasteiger partial charge in [-0.15, -0.1) is 10.2 Å². The van der Waals surface area contributed by atoms with E-state index in [2.05, 4.69) is 10.2 Å². The number of carbonyl (C=O) groups is 1. The number of carboxylic acid groups (broad SMARTS) is 1. The minimum absolute atomic E-state index is 0. The maximum atomic E-state index is 10.3. The number of nitrogens with zero attached hydrogens (tertiary/aromatic N) is 2. The van der Waals surface area contributed by atoms with Gasteiger partial charge in [0.1, 0.15) is 0 Å². The van der Waals surface area contributed by atoms with Gasteiger partial charge >= 0.3 is 30.7 Å². The molecule has 0 radical (unpaired) electrons. The Morgan fingerprint density at radius 3 is 2.67 bits per heavy atom. The molecule has 1 aromatic rings. The van der Waals surface area contributed by atoms with Crippen LogP contribution in [0.2, 0.25) is 0 Å². The van der Waals surface area contributed by atoms with E-state index in [1.165, 1.54) is 0 Å². The number of hydrogen-bond acceptors (Lipinski definition) is 4. The van der Waals surface area contributed by atoms with E-state index in [0.717, 1.165) is 12.8 Å². The van der Waals surface area contributed by atoms with E-state index in [0.29, 0.717) is 11.8 Å². The van der Waals surface area contributed by atoms with E-state index < -0.39 is 5.97 Å². The Kier molecular flexibility index (Phi) is 2.55. The first-order chi connectivity index (χ1) is 5.27. The number of rotatable bonds is 2. The maximum Gasteiger partial charge on any atom is 1.00 e. The number of aromatic carboxylic acids is 1. The summed E-state index contributed by atoms with van der Waals surface area (Å²) in [6.45, 7) is 0. The zero-order valence-corrected chi connectivity index (χ0v) is 6.65. The second-order valence-corrected chi connectivity index (χ2v) is 2.52. The van der Waals surface area contributed by atoms with Gasteiger partial charge in [0.15, 0.2) is 0 Å². The third-order valence-corrected chi connectivity index (χ3v) is 1.55. The molecule has 6 heteroatoms. The second kappa shape index (κ2) is 3.29. The van der Waals surface area contributed by atoms with Crippen molar-refractivity contribution in [3.8, 4) is 0 Å². The molecule has 1 heterocycles. The van der Waals surface area contributed by atoms with Gasteiger partial charge in [-0.3, -0.25) is 0 Å². The van der Waals surface area contributed by atoms with Crippen molar-refractivity contribution in [1.82, 2.24) is 10.2 Å². The average molecular weight is 162 g/mol. The van der Waals surface area contributed by atoms with Crippen LogP contribution in [0.5, 0.6) is 0 Å². The SMILES string of the molecule is O=C(O)c1nnc(C2CC2)o1.[H-].[Li+]. The summed E-state index contributed by atoms with van der Waals surface area (Å²) < 4.78 is 4.85. The molecule has 1 aliphatic rings. The third kappa shape index (κ3) is 1.68. The first-order valence-electron chi connectivity index (χ1n) is 3.34. The molecule has 0 atom stereocenters. The summed E-state index contributed by atoms with van der Waals surface area (Å²) >= 11 is 0. The second-order valence-electron chi connectivity index (χ2n) is 2.52. The van der Waals surface area contributed by atoms with Crippen LogP contribution in [0.15, 0.2) is 4.42 Å². The van der Waals surface area contributed by atoms with Crippen LogP contribution in [-0.4, -0.2) is 21.3 Å². The van der Waals surface area contributed by atoms with Crippen molar-refractivity contribution in [3.05, 3.63) is 11.8 Å². The van der Waals surface area contributed by atoms with Crippen LogP contribution in [0, 0.1) is 0 Å². The van der Waals surface area contributed by atoms with Crippen molar-refractivity contribution >= 4 is 5.97 Å². The predicted molar refractivity (Wildman–Crippen MR) is 34.3 cm³/mol. The van der Waals surface area contributed by atoms with Crippen molar-refractivity contribution in [1.29, 1.82) is 0 Å². The molecule has 1 aliphatic carbocycles. The number of aromatic nitrogens is 2. The van der Waals surface area contributed by atoms with Crippen LogP contribution in [0.3, 0.4) is 0 Å². The molecule has 1 fully saturated rings. The van der Waals surface area contributed by atoms with E-state index in [1.54, 1.807) is 0 Å². The normalized spacial score (nSPS) is 15.3. The van der Waals surface area contributed by atoms with Crippen LogP contribution in [-0.2, 0) is 0 Å². The van der Waals surface area contributed by atoms with E-state index in [1.807, 2.05) is 0 Å². The van der Waals surface area contributed by atoms with Gasteiger partial charge in [-0.1, -0.05) is 0 Å². The Morgan fingerprint density at radius 1 is 1.58 bits per heavy atom. The topological polar surface area (TPSA) is 76.2 Å². The van der Waals surface area contributed by atoms with Gasteiger partial charge in [-0.25, -0.2) is 4.79 Å². The fourth-order valence-corrected chi connectivity index (χ4v) is 0.816. The third-order valence-electron chi connectivity index (χ3n) is 1.55. The molecule has 1 saturated carbocycles. The van der Waals surface area contributed by atoms with Crippen LogP contribution in [0.4, 0.5) is 0 Å². The van der Waals surface area contributed by atoms with Crippen molar-refractivity contribution in [2.75, 3.05) is 0 Å². The molecule has 0 aliphatic heterocycles. The molecule has 1 N–H and O–H groups in total. The van der Waals surface area contributed by atoms with Crippen LogP contribution in [0.25, 0.3) is 0 Å². The van der Waals surface area contributed by atoms with E-state index in [9.17, 15) is 4.79 Å². The average Bonchev–Trinajstić information content (AvgIpc) is 2.68. The van der Waals surface area contributed by atoms with Crippen LogP contribution in [0.1, 0.15) is 36.8 Å². The summed E-state index contributed by atoms with van der Waals surface area (Å²) in [4.78, 5) is 10.3. The summed E-state index contributed by atoms with van der Waals surface area (Å²) in [5.74, 6) is -0.700. The molecule has 0 spiro atoms. The zero-order valence-electron chi connectivity index (χ0n) is 7.65. The predicted octanol–water partition coefficient (Wildman–Crippen LogP) is -2.24. The first kappa shape index (κ1) is 9.30. The fraction of sp³-hybridized carbons (Fsp3) is 0.500. The van der Waals surface area contributed by atoms with Crippen molar-refractivity contribution in [2.45, 2.75) is 18.8 Å². The number of hydrogen-bond donors (Lipinski definition) is 1. The van der Waals surface area contributed by atoms with Crippen molar-refractivity contribution in [2.24, 2.45) is 0 Å². The first-order valence-corrected chi connectivity index (χ1v) is 3.34. The summed E-state index contributed by atoms with van der Waals surface area (Å²) in [5, 5.41) is 15.4. The van der Waals surface area contributed by atoms with Crippen LogP contribution < -0.4 is 18.9 Å². The largest absolute Gasteiger partial charge is 1.00 e. The summed E-state index contributed by atoms with van der Waals surface area (Å²) in [5.41, 5.74) is 0. The van der Waals surface area contributed by atoms with Gasteiger partial charge in [0.2, 0.25) is 5.89 Å². The molecule has 0 bridgehead atoms. The van der Waals surface area contributed by atoms with Gasteiger partial charge in [0.05, 0.1) is 0 Å². The molecule has 0 unspecified atom stereocenters. The minimum atomic E-state index is -1.16. The Bertz CT molecular complexity index is 300. The molecule has 0 amide bonds. The van der Waals surface area contributed by atoms with E-state index >= 15 is 0 Å². The fourth-order valence-electron chi connectivity index (χ4n) is 0.816. The smallest absolute Gasteiger partial charge is 1.00 e. The quantitative estimate of drug-likeness (QED) is 0.497. The molecule has 2 rings (SSSR count). The van der Waals surface area contributed by atoms with E-state index in [-0.39, 0.29) is 26.2 Å². The Morgan fingerprint density at radius 2 is 2.25 bits per heavy atom. The summed E-state index contributed by atoms with van der Waals surface area (Å²) in [6.07, 6.45) is 2.06. The molecule has 0 saturated heterocycles. The zero-order chi connectivity index (χ0) is 7.84. The monoisotopic (exact) mass is 162 g/mol. The molecule has 60 valence electrons. The Labute approximate surface area is 81.8 Å². The minimum Gasteiger partial charge on any atom is -1.00 e. The maximum absolute atomic E-state index is 10.3. The van der Waals surface area contributed by atoms with Crippen molar-refractivity contribution < 1.29 is 34.6 Å². The Hall–Kier alpha value is -0.793. The van der Waals surface area contributed by atoms with E-state index in [4.69, 9.17) is 9.52 Å². The standard InChI is InChI=1S/C6H6N2O3.Li.H/c9-6(10)5-8-7-4(11-5)3-1-2-3;;/h3H,1-2H2,(H,9,10);;/q;+1;-1. The molecule has 0 aromatic carbocycles. The van der Waals surface area contributed by atoms with Gasteiger partial charge in [-0.2, -0.15) is 0 Å². The van der Waals surface area contributed by atoms with Crippen molar-refractivity contribution in [3.63, 3.8) is 0 Å². The van der Waals surface area contributed by atoms with Gasteiger partial charge in [0, 0.05) is 5.92 Å². The Balaban J connectivity index is 0.000000720. The molecule has 1 aromatic heterocycles. The van der Waals surface area contributed by atoms with Crippen LogP contribution >= 0.6 is 0 Å². The number of carboxylic acids is 1. The summed E-state index contributed by atoms with van der Waals surface area (Å²) in [7, 11) is 0. The molecular formula is C6H7LiN2O3. The molecule has 5 nitrogen and oxygen atoms in total. The van der Waals surface area contributed by atoms with Gasteiger partial charge in [-0.05, 0) is 12.8 Å². The van der Waals surface area contributed by atoms with Gasteiger partial charge < -0.3 is 11.0 Å². The summed E-state index contributed by atoms with van der Waals surface area (Å²) in [6, 6.07) is 0. The molecule has 12 heavy (non-hydrogen) atoms. The molecular weight excluding hydrogens is 155 g/mol.